The monoisotopic (exact) mass is 350 g/mol. The Morgan fingerprint density at radius 1 is 1.35 bits per heavy atom. The molecule has 0 aliphatic heterocycles. The Hall–Kier alpha value is -2.91. The first kappa shape index (κ1) is 17.9. The lowest BCUT2D eigenvalue weighted by Gasteiger charge is -2.16. The predicted octanol–water partition coefficient (Wildman–Crippen LogP) is 2.63. The van der Waals surface area contributed by atoms with Gasteiger partial charge in [0.25, 0.3) is 0 Å². The van der Waals surface area contributed by atoms with Crippen molar-refractivity contribution in [3.63, 3.8) is 0 Å². The lowest BCUT2D eigenvalue weighted by atomic mass is 10.0. The number of phenols is 1. The Morgan fingerprint density at radius 2 is 2.08 bits per heavy atom. The van der Waals surface area contributed by atoms with Crippen LogP contribution in [0.5, 0.6) is 5.75 Å². The molecule has 1 aromatic heterocycles. The molecule has 1 aliphatic rings. The van der Waals surface area contributed by atoms with Gasteiger partial charge in [-0.3, -0.25) is 4.79 Å². The molecule has 0 saturated heterocycles. The van der Waals surface area contributed by atoms with Crippen LogP contribution in [-0.2, 0) is 4.79 Å². The van der Waals surface area contributed by atoms with Gasteiger partial charge in [0, 0.05) is 11.1 Å². The molecular formula is C20H22N4O2. The van der Waals surface area contributed by atoms with E-state index in [0.29, 0.717) is 28.6 Å². The summed E-state index contributed by atoms with van der Waals surface area (Å²) < 4.78 is 0. The highest BCUT2D eigenvalue weighted by Gasteiger charge is 2.29. The molecule has 6 heteroatoms. The zero-order valence-electron chi connectivity index (χ0n) is 14.9. The predicted molar refractivity (Wildman–Crippen MR) is 100 cm³/mol. The van der Waals surface area contributed by atoms with Crippen molar-refractivity contribution in [1.29, 1.82) is 0 Å². The highest BCUT2D eigenvalue weighted by molar-refractivity contribution is 5.94. The van der Waals surface area contributed by atoms with Crippen LogP contribution in [0.3, 0.4) is 0 Å². The number of carbonyl (C=O) groups is 1. The number of aromatic hydroxyl groups is 1. The number of terminal acetylenes is 1. The minimum Gasteiger partial charge on any atom is -0.507 e. The summed E-state index contributed by atoms with van der Waals surface area (Å²) in [5.41, 5.74) is 8.62. The first-order chi connectivity index (χ1) is 12.4. The second kappa shape index (κ2) is 7.14. The molecule has 0 unspecified atom stereocenters. The average molecular weight is 350 g/mol. The van der Waals surface area contributed by atoms with Gasteiger partial charge in [0.2, 0.25) is 5.91 Å². The minimum absolute atomic E-state index is 0.0248. The number of anilines is 1. The van der Waals surface area contributed by atoms with Crippen LogP contribution in [0.2, 0.25) is 0 Å². The van der Waals surface area contributed by atoms with Gasteiger partial charge in [-0.2, -0.15) is 0 Å². The van der Waals surface area contributed by atoms with Crippen LogP contribution < -0.4 is 11.1 Å². The van der Waals surface area contributed by atoms with Crippen molar-refractivity contribution in [2.24, 2.45) is 11.7 Å². The summed E-state index contributed by atoms with van der Waals surface area (Å²) in [6, 6.07) is 6.24. The Morgan fingerprint density at radius 3 is 2.65 bits per heavy atom. The number of rotatable bonds is 5. The normalized spacial score (nSPS) is 14.7. The van der Waals surface area contributed by atoms with Gasteiger partial charge in [0.15, 0.2) is 5.82 Å². The van der Waals surface area contributed by atoms with E-state index >= 15 is 0 Å². The van der Waals surface area contributed by atoms with E-state index in [2.05, 4.69) is 21.4 Å². The van der Waals surface area contributed by atoms with Crippen molar-refractivity contribution in [2.45, 2.75) is 38.6 Å². The van der Waals surface area contributed by atoms with Crippen molar-refractivity contribution in [2.75, 3.05) is 5.32 Å². The summed E-state index contributed by atoms with van der Waals surface area (Å²) in [7, 11) is 0. The topological polar surface area (TPSA) is 101 Å². The van der Waals surface area contributed by atoms with Crippen LogP contribution in [0.25, 0.3) is 11.3 Å². The third kappa shape index (κ3) is 3.68. The lowest BCUT2D eigenvalue weighted by molar-refractivity contribution is -0.118. The highest BCUT2D eigenvalue weighted by atomic mass is 16.3. The number of hydrogen-bond donors (Lipinski definition) is 3. The molecule has 1 aliphatic carbocycles. The maximum Gasteiger partial charge on any atom is 0.242 e. The van der Waals surface area contributed by atoms with E-state index < -0.39 is 6.04 Å². The lowest BCUT2D eigenvalue weighted by Crippen LogP contribution is -2.40. The van der Waals surface area contributed by atoms with Crippen molar-refractivity contribution in [3.05, 3.63) is 35.4 Å². The molecule has 1 atom stereocenters. The number of amides is 1. The summed E-state index contributed by atoms with van der Waals surface area (Å²) >= 11 is 0. The molecule has 6 nitrogen and oxygen atoms in total. The van der Waals surface area contributed by atoms with Gasteiger partial charge < -0.3 is 16.2 Å². The zero-order chi connectivity index (χ0) is 18.8. The molecule has 0 radical (unpaired) electrons. The maximum absolute atomic E-state index is 12.2. The molecule has 1 aromatic carbocycles. The van der Waals surface area contributed by atoms with Crippen LogP contribution in [0.1, 0.15) is 43.7 Å². The maximum atomic E-state index is 12.2. The van der Waals surface area contributed by atoms with Crippen LogP contribution in [0, 0.1) is 18.3 Å². The molecule has 26 heavy (non-hydrogen) atoms. The summed E-state index contributed by atoms with van der Waals surface area (Å²) in [6.45, 7) is 3.77. The molecule has 0 bridgehead atoms. The van der Waals surface area contributed by atoms with Crippen LogP contribution in [-0.4, -0.2) is 27.3 Å². The number of nitrogens with one attached hydrogen (secondary N) is 1. The molecule has 134 valence electrons. The quantitative estimate of drug-likeness (QED) is 0.720. The number of benzene rings is 1. The second-order valence-electron chi connectivity index (χ2n) is 6.94. The number of hydrogen-bond acceptors (Lipinski definition) is 5. The summed E-state index contributed by atoms with van der Waals surface area (Å²) in [5.74, 6) is 3.01. The fourth-order valence-corrected chi connectivity index (χ4v) is 2.72. The van der Waals surface area contributed by atoms with E-state index in [4.69, 9.17) is 12.2 Å². The second-order valence-corrected chi connectivity index (χ2v) is 6.94. The van der Waals surface area contributed by atoms with Gasteiger partial charge >= 0.3 is 0 Å². The summed E-state index contributed by atoms with van der Waals surface area (Å²) in [6.07, 6.45) is 7.45. The Labute approximate surface area is 152 Å². The molecule has 4 N–H and O–H groups in total. The number of carbonyl (C=O) groups excluding carboxylic acids is 1. The van der Waals surface area contributed by atoms with Crippen molar-refractivity contribution in [1.82, 2.24) is 10.2 Å². The van der Waals surface area contributed by atoms with E-state index in [9.17, 15) is 9.90 Å². The molecule has 0 spiro atoms. The molecule has 1 amide bonds. The minimum atomic E-state index is -0.610. The average Bonchev–Trinajstić information content (AvgIpc) is 3.46. The van der Waals surface area contributed by atoms with E-state index in [-0.39, 0.29) is 17.6 Å². The van der Waals surface area contributed by atoms with Gasteiger partial charge in [0.05, 0.1) is 6.04 Å². The number of phenolic OH excluding ortho intramolecular Hbond substituents is 1. The van der Waals surface area contributed by atoms with Gasteiger partial charge in [-0.1, -0.05) is 19.8 Å². The van der Waals surface area contributed by atoms with Crippen molar-refractivity contribution in [3.8, 4) is 29.4 Å². The van der Waals surface area contributed by atoms with Gasteiger partial charge in [0.1, 0.15) is 11.4 Å². The molecule has 1 saturated carbocycles. The molecule has 1 heterocycles. The Bertz CT molecular complexity index is 882. The van der Waals surface area contributed by atoms with E-state index in [1.807, 2.05) is 19.9 Å². The van der Waals surface area contributed by atoms with E-state index in [0.717, 1.165) is 18.4 Å². The van der Waals surface area contributed by atoms with Gasteiger partial charge in [-0.15, -0.1) is 16.6 Å². The van der Waals surface area contributed by atoms with Crippen molar-refractivity contribution < 1.29 is 9.90 Å². The molecule has 2 aromatic rings. The van der Waals surface area contributed by atoms with Crippen LogP contribution >= 0.6 is 0 Å². The fourth-order valence-electron chi connectivity index (χ4n) is 2.72. The number of nitrogens with zero attached hydrogens (tertiary/aromatic N) is 2. The Kier molecular flexibility index (Phi) is 4.92. The largest absolute Gasteiger partial charge is 0.507 e. The van der Waals surface area contributed by atoms with Gasteiger partial charge in [-0.05, 0) is 54.5 Å². The van der Waals surface area contributed by atoms with Gasteiger partial charge in [-0.25, -0.2) is 0 Å². The molecular weight excluding hydrogens is 328 g/mol. The molecule has 1 fully saturated rings. The summed E-state index contributed by atoms with van der Waals surface area (Å²) in [5, 5.41) is 21.4. The first-order valence-electron chi connectivity index (χ1n) is 8.64. The Balaban J connectivity index is 1.94. The smallest absolute Gasteiger partial charge is 0.242 e. The number of nitrogens with two attached hydrogens (primary N) is 1. The third-order valence-corrected chi connectivity index (χ3v) is 4.53. The highest BCUT2D eigenvalue weighted by Crippen LogP contribution is 2.45. The number of aromatic nitrogens is 2. The van der Waals surface area contributed by atoms with Crippen LogP contribution in [0.15, 0.2) is 24.3 Å². The van der Waals surface area contributed by atoms with E-state index in [1.54, 1.807) is 12.1 Å². The third-order valence-electron chi connectivity index (χ3n) is 4.53. The fraction of sp³-hybridized carbons (Fsp3) is 0.350. The van der Waals surface area contributed by atoms with E-state index in [1.165, 1.54) is 6.07 Å². The summed E-state index contributed by atoms with van der Waals surface area (Å²) in [4.78, 5) is 12.2. The zero-order valence-corrected chi connectivity index (χ0v) is 14.9. The van der Waals surface area contributed by atoms with Crippen molar-refractivity contribution >= 4 is 11.7 Å². The first-order valence-corrected chi connectivity index (χ1v) is 8.64. The standard InChI is InChI=1S/C20H22N4O2/c1-4-12-5-8-14(16(25)9-12)19-15(13-6-7-13)10-17(23-24-19)22-20(26)18(21)11(2)3/h1,5,8-11,13,18,25H,6-7,21H2,2-3H3,(H,22,23,26)/t18-/m1/s1. The van der Waals surface area contributed by atoms with Crippen LogP contribution in [0.4, 0.5) is 5.82 Å². The SMILES string of the molecule is C#Cc1ccc(-c2nnc(NC(=O)[C@H](N)C(C)C)cc2C2CC2)c(O)c1. The molecule has 3 rings (SSSR count).